The summed E-state index contributed by atoms with van der Waals surface area (Å²) in [5, 5.41) is 9.93. The summed E-state index contributed by atoms with van der Waals surface area (Å²) in [6.45, 7) is 4.15. The maximum absolute atomic E-state index is 10.1. The van der Waals surface area contributed by atoms with Gasteiger partial charge < -0.3 is 5.11 Å². The highest BCUT2D eigenvalue weighted by atomic mass is 35.5. The quantitative estimate of drug-likeness (QED) is 0.593. The zero-order valence-corrected chi connectivity index (χ0v) is 12.0. The molecule has 17 heavy (non-hydrogen) atoms. The van der Waals surface area contributed by atoms with E-state index in [1.54, 1.807) is 11.8 Å². The van der Waals surface area contributed by atoms with Crippen molar-refractivity contribution in [1.29, 1.82) is 0 Å². The summed E-state index contributed by atoms with van der Waals surface area (Å²) in [4.78, 5) is 1.24. The second kappa shape index (κ2) is 8.02. The lowest BCUT2D eigenvalue weighted by Gasteiger charge is -2.22. The predicted molar refractivity (Wildman–Crippen MR) is 76.9 cm³/mol. The summed E-state index contributed by atoms with van der Waals surface area (Å²) in [5.41, 5.74) is 0. The molecular weight excluding hydrogens is 252 g/mol. The van der Waals surface area contributed by atoms with Crippen LogP contribution < -0.4 is 0 Å². The molecule has 0 bridgehead atoms. The van der Waals surface area contributed by atoms with E-state index in [9.17, 15) is 5.11 Å². The molecule has 96 valence electrons. The molecule has 0 amide bonds. The second-order valence-corrected chi connectivity index (χ2v) is 6.05. The van der Waals surface area contributed by atoms with Crippen molar-refractivity contribution in [2.45, 2.75) is 43.1 Å². The molecule has 0 radical (unpaired) electrons. The normalized spacial score (nSPS) is 16.5. The lowest BCUT2D eigenvalue weighted by Crippen LogP contribution is -2.29. The molecular formula is C14H21ClOS. The summed E-state index contributed by atoms with van der Waals surface area (Å²) in [7, 11) is 0. The van der Waals surface area contributed by atoms with Gasteiger partial charge in [0.1, 0.15) is 0 Å². The largest absolute Gasteiger partial charge is 0.391 e. The Morgan fingerprint density at radius 2 is 1.94 bits per heavy atom. The van der Waals surface area contributed by atoms with Crippen LogP contribution in [0.15, 0.2) is 35.2 Å². The lowest BCUT2D eigenvalue weighted by atomic mass is 10.0. The molecule has 1 aromatic carbocycles. The Hall–Kier alpha value is -0.180. The first-order valence-electron chi connectivity index (χ1n) is 6.15. The molecule has 0 aliphatic carbocycles. The Bertz CT molecular complexity index is 304. The van der Waals surface area contributed by atoms with Crippen molar-refractivity contribution in [3.63, 3.8) is 0 Å². The molecule has 3 heteroatoms. The van der Waals surface area contributed by atoms with E-state index >= 15 is 0 Å². The van der Waals surface area contributed by atoms with Gasteiger partial charge in [-0.3, -0.25) is 0 Å². The van der Waals surface area contributed by atoms with Crippen LogP contribution in [-0.4, -0.2) is 22.3 Å². The van der Waals surface area contributed by atoms with Gasteiger partial charge in [-0.25, -0.2) is 0 Å². The number of aliphatic hydroxyl groups excluding tert-OH is 1. The van der Waals surface area contributed by atoms with Gasteiger partial charge in [-0.15, -0.1) is 23.4 Å². The zero-order valence-electron chi connectivity index (χ0n) is 10.5. The van der Waals surface area contributed by atoms with Gasteiger partial charge in [-0.1, -0.05) is 38.5 Å². The van der Waals surface area contributed by atoms with Crippen LogP contribution in [0.2, 0.25) is 0 Å². The van der Waals surface area contributed by atoms with E-state index in [0.717, 1.165) is 18.6 Å². The number of hydrogen-bond donors (Lipinski definition) is 1. The van der Waals surface area contributed by atoms with E-state index in [2.05, 4.69) is 26.0 Å². The molecule has 0 aliphatic rings. The molecule has 0 aromatic heterocycles. The highest BCUT2D eigenvalue weighted by Crippen LogP contribution is 2.25. The molecule has 3 atom stereocenters. The average Bonchev–Trinajstić information content (AvgIpc) is 2.36. The number of alkyl halides is 1. The maximum atomic E-state index is 10.1. The van der Waals surface area contributed by atoms with Crippen LogP contribution in [0.1, 0.15) is 26.7 Å². The molecule has 0 saturated carbocycles. The van der Waals surface area contributed by atoms with E-state index < -0.39 is 6.10 Å². The van der Waals surface area contributed by atoms with Crippen molar-refractivity contribution >= 4 is 23.4 Å². The summed E-state index contributed by atoms with van der Waals surface area (Å²) < 4.78 is 0. The Balaban J connectivity index is 2.36. The van der Waals surface area contributed by atoms with Crippen molar-refractivity contribution in [3.05, 3.63) is 30.3 Å². The molecule has 1 N–H and O–H groups in total. The fourth-order valence-electron chi connectivity index (χ4n) is 1.65. The van der Waals surface area contributed by atoms with Crippen LogP contribution in [0, 0.1) is 5.92 Å². The van der Waals surface area contributed by atoms with Crippen molar-refractivity contribution < 1.29 is 5.11 Å². The van der Waals surface area contributed by atoms with Gasteiger partial charge in [-0.05, 0) is 24.5 Å². The number of rotatable bonds is 7. The first kappa shape index (κ1) is 14.9. The molecule has 0 spiro atoms. The lowest BCUT2D eigenvalue weighted by molar-refractivity contribution is 0.119. The summed E-state index contributed by atoms with van der Waals surface area (Å²) in [6, 6.07) is 10.3. The van der Waals surface area contributed by atoms with Crippen molar-refractivity contribution in [2.24, 2.45) is 5.92 Å². The minimum absolute atomic E-state index is 0.119. The van der Waals surface area contributed by atoms with Gasteiger partial charge in [-0.2, -0.15) is 0 Å². The Kier molecular flexibility index (Phi) is 7.02. The smallest absolute Gasteiger partial charge is 0.0737 e. The van der Waals surface area contributed by atoms with Crippen LogP contribution in [0.3, 0.4) is 0 Å². The van der Waals surface area contributed by atoms with Crippen molar-refractivity contribution in [3.8, 4) is 0 Å². The Morgan fingerprint density at radius 3 is 2.53 bits per heavy atom. The summed E-state index contributed by atoms with van der Waals surface area (Å²) >= 11 is 7.92. The molecule has 1 aromatic rings. The van der Waals surface area contributed by atoms with Crippen LogP contribution in [0.5, 0.6) is 0 Å². The fraction of sp³-hybridized carbons (Fsp3) is 0.571. The highest BCUT2D eigenvalue weighted by molar-refractivity contribution is 7.99. The van der Waals surface area contributed by atoms with Gasteiger partial charge in [0.2, 0.25) is 0 Å². The minimum atomic E-state index is -0.409. The Morgan fingerprint density at radius 1 is 1.29 bits per heavy atom. The molecule has 0 unspecified atom stereocenters. The van der Waals surface area contributed by atoms with E-state index in [0.29, 0.717) is 0 Å². The minimum Gasteiger partial charge on any atom is -0.391 e. The third-order valence-electron chi connectivity index (χ3n) is 2.77. The molecule has 0 fully saturated rings. The van der Waals surface area contributed by atoms with Crippen LogP contribution in [-0.2, 0) is 0 Å². The van der Waals surface area contributed by atoms with E-state index in [4.69, 9.17) is 11.6 Å². The van der Waals surface area contributed by atoms with Crippen molar-refractivity contribution in [1.82, 2.24) is 0 Å². The predicted octanol–water partition coefficient (Wildman–Crippen LogP) is 4.18. The third-order valence-corrected chi connectivity index (χ3v) is 4.55. The number of benzene rings is 1. The van der Waals surface area contributed by atoms with Gasteiger partial charge >= 0.3 is 0 Å². The maximum Gasteiger partial charge on any atom is 0.0737 e. The fourth-order valence-corrected chi connectivity index (χ4v) is 3.11. The number of thioether (sulfide) groups is 1. The first-order chi connectivity index (χ1) is 8.15. The van der Waals surface area contributed by atoms with Crippen molar-refractivity contribution in [2.75, 3.05) is 5.75 Å². The van der Waals surface area contributed by atoms with E-state index in [-0.39, 0.29) is 11.3 Å². The monoisotopic (exact) mass is 272 g/mol. The van der Waals surface area contributed by atoms with Crippen LogP contribution in [0.25, 0.3) is 0 Å². The standard InChI is InChI=1S/C14H21ClOS/c1-3-7-13(15)14(16)11(2)10-17-12-8-5-4-6-9-12/h4-6,8-9,11,13-14,16H,3,7,10H2,1-2H3/t11-,13+,14-/m1/s1. The molecule has 1 rings (SSSR count). The van der Waals surface area contributed by atoms with Gasteiger partial charge in [0.05, 0.1) is 11.5 Å². The van der Waals surface area contributed by atoms with Gasteiger partial charge in [0.15, 0.2) is 0 Å². The number of hydrogen-bond acceptors (Lipinski definition) is 2. The first-order valence-corrected chi connectivity index (χ1v) is 7.57. The van der Waals surface area contributed by atoms with E-state index in [1.165, 1.54) is 4.90 Å². The topological polar surface area (TPSA) is 20.2 Å². The SMILES string of the molecule is CCC[C@H](Cl)[C@H](O)[C@H](C)CSc1ccccc1. The Labute approximate surface area is 114 Å². The number of aliphatic hydroxyl groups is 1. The van der Waals surface area contributed by atoms with Crippen LogP contribution in [0.4, 0.5) is 0 Å². The molecule has 0 saturated heterocycles. The average molecular weight is 273 g/mol. The summed E-state index contributed by atoms with van der Waals surface area (Å²) in [6.07, 6.45) is 1.49. The van der Waals surface area contributed by atoms with Gasteiger partial charge in [0.25, 0.3) is 0 Å². The van der Waals surface area contributed by atoms with E-state index in [1.807, 2.05) is 18.2 Å². The molecule has 0 aliphatic heterocycles. The molecule has 1 nitrogen and oxygen atoms in total. The highest BCUT2D eigenvalue weighted by Gasteiger charge is 2.22. The third kappa shape index (κ3) is 5.33. The second-order valence-electron chi connectivity index (χ2n) is 4.40. The molecule has 0 heterocycles. The number of halogens is 1. The summed E-state index contributed by atoms with van der Waals surface area (Å²) in [5.74, 6) is 1.12. The van der Waals surface area contributed by atoms with Crippen LogP contribution >= 0.6 is 23.4 Å². The van der Waals surface area contributed by atoms with Gasteiger partial charge in [0, 0.05) is 10.6 Å². The zero-order chi connectivity index (χ0) is 12.7.